The molecule has 0 bridgehead atoms. The maximum atomic E-state index is 14.0. The minimum Gasteiger partial charge on any atom is -0.475 e. The Bertz CT molecular complexity index is 1260. The van der Waals surface area contributed by atoms with Crippen molar-refractivity contribution in [3.05, 3.63) is 101 Å². The Morgan fingerprint density at radius 1 is 1.03 bits per heavy atom. The van der Waals surface area contributed by atoms with E-state index in [0.717, 1.165) is 22.0 Å². The first-order chi connectivity index (χ1) is 15.1. The molecule has 31 heavy (non-hydrogen) atoms. The highest BCUT2D eigenvalue weighted by Crippen LogP contribution is 2.28. The van der Waals surface area contributed by atoms with E-state index in [1.54, 1.807) is 12.1 Å². The monoisotopic (exact) mass is 420 g/mol. The lowest BCUT2D eigenvalue weighted by Gasteiger charge is -2.09. The van der Waals surface area contributed by atoms with Crippen molar-refractivity contribution in [1.82, 2.24) is 4.57 Å². The summed E-state index contributed by atoms with van der Waals surface area (Å²) < 4.78 is 35.5. The van der Waals surface area contributed by atoms with Gasteiger partial charge in [-0.05, 0) is 46.8 Å². The second kappa shape index (κ2) is 7.85. The maximum Gasteiger partial charge on any atom is 0.222 e. The Balaban J connectivity index is 1.36. The first-order valence-corrected chi connectivity index (χ1v) is 9.76. The fourth-order valence-electron chi connectivity index (χ4n) is 3.78. The molecular weight excluding hydrogens is 402 g/mol. The van der Waals surface area contributed by atoms with Gasteiger partial charge >= 0.3 is 0 Å². The van der Waals surface area contributed by atoms with Gasteiger partial charge in [0.25, 0.3) is 0 Å². The van der Waals surface area contributed by atoms with Gasteiger partial charge in [-0.1, -0.05) is 30.3 Å². The van der Waals surface area contributed by atoms with E-state index in [-0.39, 0.29) is 24.1 Å². The Morgan fingerprint density at radius 3 is 2.55 bits per heavy atom. The average Bonchev–Trinajstić information content (AvgIpc) is 3.42. The molecule has 0 spiro atoms. The van der Waals surface area contributed by atoms with Crippen LogP contribution in [-0.2, 0) is 11.3 Å². The number of aliphatic imine (C=N–C) groups is 1. The Kier molecular flexibility index (Phi) is 4.88. The molecule has 0 saturated carbocycles. The van der Waals surface area contributed by atoms with Crippen LogP contribution in [0, 0.1) is 11.6 Å². The second-order valence-corrected chi connectivity index (χ2v) is 7.35. The number of benzene rings is 3. The maximum absolute atomic E-state index is 14.0. The first-order valence-electron chi connectivity index (χ1n) is 9.76. The Labute approximate surface area is 176 Å². The van der Waals surface area contributed by atoms with Crippen LogP contribution in [0.4, 0.5) is 8.78 Å². The molecule has 5 nitrogen and oxygen atoms in total. The summed E-state index contributed by atoms with van der Waals surface area (Å²) >= 11 is 0. The number of halogens is 2. The van der Waals surface area contributed by atoms with Crippen LogP contribution in [0.2, 0.25) is 0 Å². The van der Waals surface area contributed by atoms with Crippen molar-refractivity contribution in [2.75, 3.05) is 6.61 Å². The number of hydrogen-bond donors (Lipinski definition) is 1. The minimum atomic E-state index is -0.691. The van der Waals surface area contributed by atoms with Gasteiger partial charge < -0.3 is 14.2 Å². The van der Waals surface area contributed by atoms with Crippen molar-refractivity contribution in [3.63, 3.8) is 0 Å². The van der Waals surface area contributed by atoms with Crippen LogP contribution in [0.15, 0.2) is 77.9 Å². The third-order valence-electron chi connectivity index (χ3n) is 5.40. The fraction of sp³-hybridized carbons (Fsp3) is 0.125. The number of nitrogens with zero attached hydrogens (tertiary/aromatic N) is 2. The first kappa shape index (κ1) is 19.3. The molecule has 1 atom stereocenters. The molecule has 2 heterocycles. The Morgan fingerprint density at radius 2 is 1.81 bits per heavy atom. The van der Waals surface area contributed by atoms with Gasteiger partial charge in [0, 0.05) is 18.8 Å². The lowest BCUT2D eigenvalue weighted by Crippen LogP contribution is -2.07. The predicted octanol–water partition coefficient (Wildman–Crippen LogP) is 5.34. The number of ether oxygens (including phenoxy) is 1. The van der Waals surface area contributed by atoms with Crippen LogP contribution in [0.5, 0.6) is 5.75 Å². The van der Waals surface area contributed by atoms with E-state index in [1.807, 2.05) is 42.6 Å². The highest BCUT2D eigenvalue weighted by atomic mass is 19.1. The summed E-state index contributed by atoms with van der Waals surface area (Å²) in [6.07, 6.45) is 1.98. The van der Waals surface area contributed by atoms with Gasteiger partial charge in [-0.15, -0.1) is 0 Å². The molecule has 1 aliphatic heterocycles. The summed E-state index contributed by atoms with van der Waals surface area (Å²) in [5.74, 6) is -1.01. The van der Waals surface area contributed by atoms with E-state index in [2.05, 4.69) is 14.4 Å². The highest BCUT2D eigenvalue weighted by Gasteiger charge is 2.26. The molecule has 0 radical (unpaired) electrons. The average molecular weight is 420 g/mol. The lowest BCUT2D eigenvalue weighted by molar-refractivity contribution is -0.137. The number of aromatic nitrogens is 1. The molecule has 1 aromatic heterocycles. The van der Waals surface area contributed by atoms with Gasteiger partial charge in [0.1, 0.15) is 29.8 Å². The lowest BCUT2D eigenvalue weighted by atomic mass is 10.1. The summed E-state index contributed by atoms with van der Waals surface area (Å²) in [7, 11) is 0. The van der Waals surface area contributed by atoms with Crippen molar-refractivity contribution in [2.45, 2.75) is 12.6 Å². The zero-order chi connectivity index (χ0) is 21.4. The zero-order valence-electron chi connectivity index (χ0n) is 16.3. The van der Waals surface area contributed by atoms with Crippen LogP contribution in [0.3, 0.4) is 0 Å². The normalized spacial score (nSPS) is 15.7. The van der Waals surface area contributed by atoms with Gasteiger partial charge in [-0.2, -0.15) is 0 Å². The highest BCUT2D eigenvalue weighted by molar-refractivity contribution is 5.95. The molecule has 3 aromatic carbocycles. The van der Waals surface area contributed by atoms with Crippen LogP contribution in [0.1, 0.15) is 22.7 Å². The third-order valence-corrected chi connectivity index (χ3v) is 5.40. The molecule has 5 rings (SSSR count). The largest absolute Gasteiger partial charge is 0.475 e. The molecule has 1 unspecified atom stereocenters. The van der Waals surface area contributed by atoms with Crippen LogP contribution >= 0.6 is 0 Å². The van der Waals surface area contributed by atoms with Crippen molar-refractivity contribution in [2.24, 2.45) is 4.99 Å². The van der Waals surface area contributed by atoms with E-state index in [0.29, 0.717) is 12.3 Å². The van der Waals surface area contributed by atoms with Gasteiger partial charge in [0.05, 0.1) is 5.52 Å². The zero-order valence-corrected chi connectivity index (χ0v) is 16.3. The summed E-state index contributed by atoms with van der Waals surface area (Å²) in [6, 6.07) is 18.6. The van der Waals surface area contributed by atoms with Gasteiger partial charge in [-0.25, -0.2) is 19.0 Å². The molecular formula is C24H18F2N2O3. The molecule has 4 aromatic rings. The molecule has 0 aliphatic carbocycles. The minimum absolute atomic E-state index is 0.00889. The van der Waals surface area contributed by atoms with Gasteiger partial charge in [0.2, 0.25) is 5.90 Å². The number of fused-ring (bicyclic) bond motifs is 1. The van der Waals surface area contributed by atoms with Crippen LogP contribution in [-0.4, -0.2) is 22.3 Å². The van der Waals surface area contributed by atoms with Gasteiger partial charge in [0.15, 0.2) is 5.75 Å². The quantitative estimate of drug-likeness (QED) is 0.350. The van der Waals surface area contributed by atoms with Gasteiger partial charge in [-0.3, -0.25) is 0 Å². The van der Waals surface area contributed by atoms with E-state index in [1.165, 1.54) is 18.2 Å². The van der Waals surface area contributed by atoms with Crippen molar-refractivity contribution >= 4 is 16.8 Å². The summed E-state index contributed by atoms with van der Waals surface area (Å²) in [5.41, 5.74) is 2.69. The van der Waals surface area contributed by atoms with E-state index in [4.69, 9.17) is 9.99 Å². The second-order valence-electron chi connectivity index (χ2n) is 7.35. The van der Waals surface area contributed by atoms with Crippen LogP contribution in [0.25, 0.3) is 10.9 Å². The van der Waals surface area contributed by atoms with E-state index < -0.39 is 11.6 Å². The van der Waals surface area contributed by atoms with E-state index in [9.17, 15) is 8.78 Å². The molecule has 0 amide bonds. The topological polar surface area (TPSA) is 56.0 Å². The predicted molar refractivity (Wildman–Crippen MR) is 112 cm³/mol. The number of hydrogen-bond acceptors (Lipinski definition) is 4. The smallest absolute Gasteiger partial charge is 0.222 e. The standard InChI is InChI=1S/C24H18F2N2O3/c25-19-2-1-3-20(26)23(19)24-27-21(14-30-24)16-6-4-15(5-7-16)13-28-11-10-17-8-9-18(31-29)12-22(17)28/h1-12,21,29H,13-14H2. The summed E-state index contributed by atoms with van der Waals surface area (Å²) in [6.45, 7) is 0.864. The number of rotatable bonds is 5. The molecule has 156 valence electrons. The molecule has 1 N–H and O–H groups in total. The molecule has 1 aliphatic rings. The molecule has 0 saturated heterocycles. The van der Waals surface area contributed by atoms with Crippen molar-refractivity contribution in [1.29, 1.82) is 0 Å². The molecule has 7 heteroatoms. The van der Waals surface area contributed by atoms with Crippen molar-refractivity contribution in [3.8, 4) is 5.75 Å². The van der Waals surface area contributed by atoms with Crippen molar-refractivity contribution < 1.29 is 23.7 Å². The molecule has 0 fully saturated rings. The SMILES string of the molecule is OOc1ccc2ccn(Cc3ccc(C4COC(c5c(F)cccc5F)=N4)cc3)c2c1. The van der Waals surface area contributed by atoms with E-state index >= 15 is 0 Å². The fourth-order valence-corrected chi connectivity index (χ4v) is 3.78. The Hall–Kier alpha value is -3.71. The summed E-state index contributed by atoms with van der Waals surface area (Å²) in [4.78, 5) is 8.73. The van der Waals surface area contributed by atoms with Crippen LogP contribution < -0.4 is 4.89 Å². The third kappa shape index (κ3) is 3.64. The summed E-state index contributed by atoms with van der Waals surface area (Å²) in [5, 5.41) is 9.94.